The average molecular weight is 558 g/mol. The summed E-state index contributed by atoms with van der Waals surface area (Å²) in [5, 5.41) is 5.90. The maximum atomic E-state index is 14.8. The van der Waals surface area contributed by atoms with Gasteiger partial charge in [-0.25, -0.2) is 4.79 Å². The van der Waals surface area contributed by atoms with Crippen molar-refractivity contribution >= 4 is 29.5 Å². The standard InChI is InChI=1S/C28H47N5O5/c1-26(2,3)13-18(31-25(38)32-27(4,5)6)24(37)33-14-16-19(28(16,7)8)20(33)23(36)30-17(21(34)22(29)35)12-15-10-9-11-15/h15-20H,9-14H2,1-8H3,(H2,29,35)(H,30,36)(H2,31,32,38)/t16-,17?,18-,19-,20-/m0/s1/i1D3,2D3,3D3,7D3,8D3,9D2,10D2,11D2,12D2,15D. The molecule has 2 saturated carbocycles. The molecular weight excluding hydrogens is 486 g/mol. The van der Waals surface area contributed by atoms with E-state index in [1.807, 2.05) is 5.32 Å². The van der Waals surface area contributed by atoms with Crippen LogP contribution in [0.4, 0.5) is 4.79 Å². The number of carbonyl (C=O) groups excluding carboxylic acids is 5. The monoisotopic (exact) mass is 558 g/mol. The molecule has 3 aliphatic rings. The summed E-state index contributed by atoms with van der Waals surface area (Å²) in [6, 6.07) is -9.87. The average Bonchev–Trinajstić information content (AvgIpc) is 3.55. The van der Waals surface area contributed by atoms with E-state index < -0.39 is 154 Å². The van der Waals surface area contributed by atoms with Crippen LogP contribution in [0, 0.1) is 28.6 Å². The molecule has 0 bridgehead atoms. The lowest BCUT2D eigenvalue weighted by Gasteiger charge is -2.36. The van der Waals surface area contributed by atoms with Crippen LogP contribution >= 0.6 is 0 Å². The second-order valence-corrected chi connectivity index (χ2v) is 10.5. The molecular formula is C28H47N5O5. The number of likely N-dealkylation sites (tertiary alicyclic amines) is 1. The molecule has 0 aromatic carbocycles. The van der Waals surface area contributed by atoms with Gasteiger partial charge in [0.25, 0.3) is 5.91 Å². The van der Waals surface area contributed by atoms with Crippen molar-refractivity contribution in [3.8, 4) is 0 Å². The van der Waals surface area contributed by atoms with Crippen LogP contribution in [-0.2, 0) is 19.2 Å². The van der Waals surface area contributed by atoms with E-state index in [1.165, 1.54) is 20.8 Å². The fourth-order valence-corrected chi connectivity index (χ4v) is 4.39. The quantitative estimate of drug-likeness (QED) is 0.320. The van der Waals surface area contributed by atoms with Gasteiger partial charge < -0.3 is 26.6 Å². The van der Waals surface area contributed by atoms with Crippen molar-refractivity contribution in [3.05, 3.63) is 0 Å². The number of fused-ring (bicyclic) bond motifs is 1. The van der Waals surface area contributed by atoms with Crippen LogP contribution in [-0.4, -0.2) is 64.6 Å². The number of nitrogens with two attached hydrogens (primary N) is 1. The number of nitrogens with one attached hydrogen (secondary N) is 3. The smallest absolute Gasteiger partial charge is 0.315 e. The Morgan fingerprint density at radius 2 is 1.79 bits per heavy atom. The molecule has 38 heavy (non-hydrogen) atoms. The first-order valence-corrected chi connectivity index (χ1v) is 11.5. The Bertz CT molecular complexity index is 1780. The van der Waals surface area contributed by atoms with E-state index >= 15 is 0 Å². The van der Waals surface area contributed by atoms with Crippen molar-refractivity contribution < 1.29 is 56.9 Å². The number of amides is 5. The molecule has 2 aliphatic carbocycles. The summed E-state index contributed by atoms with van der Waals surface area (Å²) in [6.07, 6.45) is -17.4. The number of ketones is 1. The zero-order chi connectivity index (χ0) is 49.4. The molecule has 3 rings (SSSR count). The third-order valence-corrected chi connectivity index (χ3v) is 6.11. The van der Waals surface area contributed by atoms with E-state index in [-0.39, 0.29) is 4.90 Å². The second kappa shape index (κ2) is 10.5. The van der Waals surface area contributed by atoms with E-state index in [2.05, 4.69) is 5.32 Å². The Hall–Kier alpha value is -2.65. The normalized spacial score (nSPS) is 42.1. The fourth-order valence-electron chi connectivity index (χ4n) is 4.39. The lowest BCUT2D eigenvalue weighted by molar-refractivity contribution is -0.144. The molecule has 1 aliphatic heterocycles. The molecule has 0 aromatic heterocycles. The summed E-state index contributed by atoms with van der Waals surface area (Å²) in [7, 11) is 0. The molecule has 1 saturated heterocycles. The SMILES string of the molecule is [2H]C([2H])([2H])C1(C([2H])([2H])[2H])[C@@H]2[C@@H](C(=O)NC(C(=O)C(N)=O)C([2H])([2H])C3([2H])C([2H])([2H])C([2H])([2H])C3([2H])[2H])N(C(=O)[C@H](CC(C([2H])([2H])[2H])(C([2H])([2H])[2H])C([2H])([2H])[2H])NC(=O)NC(C)(C)C)C[C@@H]21. The van der Waals surface area contributed by atoms with Crippen LogP contribution in [0.1, 0.15) is 120 Å². The van der Waals surface area contributed by atoms with Gasteiger partial charge in [-0.2, -0.15) is 0 Å². The molecule has 5 N–H and O–H groups in total. The fraction of sp³-hybridized carbons (Fsp3) is 0.821. The minimum Gasteiger partial charge on any atom is -0.363 e. The number of Topliss-reactive ketones (excluding diaryl/α,β-unsaturated/α-hetero) is 1. The number of carbonyl (C=O) groups is 5. The van der Waals surface area contributed by atoms with Crippen LogP contribution in [0.2, 0.25) is 0 Å². The van der Waals surface area contributed by atoms with Gasteiger partial charge in [0.15, 0.2) is 0 Å². The Balaban J connectivity index is 2.37. The number of hydrogen-bond donors (Lipinski definition) is 4. The third kappa shape index (κ3) is 6.86. The number of urea groups is 1. The second-order valence-electron chi connectivity index (χ2n) is 10.5. The van der Waals surface area contributed by atoms with Crippen LogP contribution in [0.5, 0.6) is 0 Å². The van der Waals surface area contributed by atoms with Crippen LogP contribution < -0.4 is 21.7 Å². The Labute approximate surface area is 260 Å². The largest absolute Gasteiger partial charge is 0.363 e. The van der Waals surface area contributed by atoms with Crippen molar-refractivity contribution in [3.63, 3.8) is 0 Å². The van der Waals surface area contributed by atoms with Gasteiger partial charge in [0.1, 0.15) is 12.1 Å². The molecule has 10 nitrogen and oxygen atoms in total. The van der Waals surface area contributed by atoms with E-state index in [0.29, 0.717) is 0 Å². The summed E-state index contributed by atoms with van der Waals surface area (Å²) in [6.45, 7) is -16.0. The topological polar surface area (TPSA) is 151 Å². The zero-order valence-corrected chi connectivity index (χ0v) is 20.9. The highest BCUT2D eigenvalue weighted by Gasteiger charge is 2.69. The van der Waals surface area contributed by atoms with Crippen molar-refractivity contribution in [1.29, 1.82) is 0 Å². The van der Waals surface area contributed by atoms with Gasteiger partial charge in [-0.15, -0.1) is 0 Å². The predicted molar refractivity (Wildman–Crippen MR) is 144 cm³/mol. The van der Waals surface area contributed by atoms with E-state index in [4.69, 9.17) is 38.6 Å². The third-order valence-electron chi connectivity index (χ3n) is 6.11. The van der Waals surface area contributed by atoms with Crippen molar-refractivity contribution in [2.24, 2.45) is 34.3 Å². The van der Waals surface area contributed by atoms with E-state index in [9.17, 15) is 24.0 Å². The highest BCUT2D eigenvalue weighted by molar-refractivity contribution is 6.37. The van der Waals surface area contributed by atoms with Gasteiger partial charge in [-0.3, -0.25) is 19.2 Å². The molecule has 214 valence electrons. The molecule has 10 heteroatoms. The first-order valence-electron chi connectivity index (χ1n) is 23.5. The lowest BCUT2D eigenvalue weighted by Crippen LogP contribution is -2.60. The summed E-state index contributed by atoms with van der Waals surface area (Å²) < 4.78 is 196. The molecule has 1 heterocycles. The van der Waals surface area contributed by atoms with Gasteiger partial charge in [0, 0.05) is 45.0 Å². The predicted octanol–water partition coefficient (Wildman–Crippen LogP) is 2.10. The number of rotatable bonds is 9. The van der Waals surface area contributed by atoms with Crippen molar-refractivity contribution in [2.75, 3.05) is 6.54 Å². The van der Waals surface area contributed by atoms with Crippen LogP contribution in [0.25, 0.3) is 0 Å². The number of piperidine rings is 1. The molecule has 0 radical (unpaired) electrons. The number of hydrogen-bond acceptors (Lipinski definition) is 5. The Morgan fingerprint density at radius 1 is 1.13 bits per heavy atom. The minimum absolute atomic E-state index is 0.282. The first-order chi connectivity index (χ1) is 27.0. The Morgan fingerprint density at radius 3 is 2.34 bits per heavy atom. The zero-order valence-electron chi connectivity index (χ0n) is 44.9. The molecule has 0 aromatic rings. The molecule has 1 unspecified atom stereocenters. The van der Waals surface area contributed by atoms with Gasteiger partial charge >= 0.3 is 6.03 Å². The first kappa shape index (κ1) is 11.1. The minimum atomic E-state index is -4.21. The number of primary amides is 1. The van der Waals surface area contributed by atoms with Gasteiger partial charge in [0.2, 0.25) is 17.6 Å². The van der Waals surface area contributed by atoms with Crippen LogP contribution in [0.15, 0.2) is 0 Å². The van der Waals surface area contributed by atoms with Crippen molar-refractivity contribution in [2.45, 2.75) is 111 Å². The maximum Gasteiger partial charge on any atom is 0.315 e. The molecule has 0 spiro atoms. The highest BCUT2D eigenvalue weighted by atomic mass is 16.2. The van der Waals surface area contributed by atoms with E-state index in [1.54, 1.807) is 5.32 Å². The summed E-state index contributed by atoms with van der Waals surface area (Å²) in [5.41, 5.74) is -2.87. The van der Waals surface area contributed by atoms with Gasteiger partial charge in [0.05, 0.1) is 6.04 Å². The molecule has 3 fully saturated rings. The van der Waals surface area contributed by atoms with Crippen molar-refractivity contribution in [1.82, 2.24) is 20.9 Å². The van der Waals surface area contributed by atoms with E-state index in [0.717, 1.165) is 0 Å². The summed E-state index contributed by atoms with van der Waals surface area (Å²) in [4.78, 5) is 68.5. The summed E-state index contributed by atoms with van der Waals surface area (Å²) >= 11 is 0. The van der Waals surface area contributed by atoms with Crippen LogP contribution in [0.3, 0.4) is 0 Å². The van der Waals surface area contributed by atoms with Gasteiger partial charge in [-0.05, 0) is 62.1 Å². The lowest BCUT2D eigenvalue weighted by atomic mass is 9.80. The highest BCUT2D eigenvalue weighted by Crippen LogP contribution is 2.65. The maximum absolute atomic E-state index is 14.8. The summed E-state index contributed by atoms with van der Waals surface area (Å²) in [5.74, 6) is -16.0. The molecule has 5 atom stereocenters. The van der Waals surface area contributed by atoms with Gasteiger partial charge in [-0.1, -0.05) is 53.4 Å². The Kier molecular flexibility index (Phi) is 3.06. The number of nitrogens with zero attached hydrogens (tertiary/aromatic N) is 1. The molecule has 5 amide bonds.